The monoisotopic (exact) mass is 494 g/mol. The van der Waals surface area contributed by atoms with Gasteiger partial charge < -0.3 is 9.64 Å². The second-order valence-electron chi connectivity index (χ2n) is 8.57. The molecule has 2 aliphatic heterocycles. The van der Waals surface area contributed by atoms with E-state index in [0.29, 0.717) is 11.6 Å². The topological polar surface area (TPSA) is 99.3 Å². The molecule has 1 N–H and O–H groups in total. The van der Waals surface area contributed by atoms with Crippen LogP contribution in [0, 0.1) is 5.92 Å². The molecule has 0 saturated carbocycles. The maximum absolute atomic E-state index is 13.0. The van der Waals surface area contributed by atoms with Crippen LogP contribution in [0.3, 0.4) is 0 Å². The molecule has 9 nitrogen and oxygen atoms in total. The Morgan fingerprint density at radius 1 is 0.909 bits per heavy atom. The van der Waals surface area contributed by atoms with Crippen molar-refractivity contribution in [3.63, 3.8) is 0 Å². The molecule has 0 bridgehead atoms. The third-order valence-corrected chi connectivity index (χ3v) is 9.21. The van der Waals surface area contributed by atoms with Crippen molar-refractivity contribution in [2.45, 2.75) is 9.79 Å². The fourth-order valence-electron chi connectivity index (χ4n) is 3.97. The number of nitrogens with one attached hydrogen (secondary N) is 1. The van der Waals surface area contributed by atoms with Crippen LogP contribution in [0.5, 0.6) is 0 Å². The molecule has 0 amide bonds. The van der Waals surface area contributed by atoms with E-state index in [4.69, 9.17) is 4.74 Å². The van der Waals surface area contributed by atoms with Crippen LogP contribution in [0.25, 0.3) is 0 Å². The molecule has 2 aliphatic rings. The Morgan fingerprint density at radius 3 is 2.09 bits per heavy atom. The number of benzene rings is 2. The quantitative estimate of drug-likeness (QED) is 0.594. The van der Waals surface area contributed by atoms with Crippen LogP contribution in [-0.2, 0) is 24.8 Å². The van der Waals surface area contributed by atoms with Crippen LogP contribution in [0.2, 0.25) is 0 Å². The highest BCUT2D eigenvalue weighted by atomic mass is 32.2. The van der Waals surface area contributed by atoms with Gasteiger partial charge in [-0.1, -0.05) is 12.1 Å². The van der Waals surface area contributed by atoms with Gasteiger partial charge in [-0.05, 0) is 36.4 Å². The van der Waals surface area contributed by atoms with Gasteiger partial charge in [0.1, 0.15) is 0 Å². The molecule has 4 rings (SSSR count). The fourth-order valence-corrected chi connectivity index (χ4v) is 5.94. The molecule has 0 atom stereocenters. The summed E-state index contributed by atoms with van der Waals surface area (Å²) in [6.45, 7) is 6.17. The third kappa shape index (κ3) is 5.33. The predicted molar refractivity (Wildman–Crippen MR) is 128 cm³/mol. The first-order valence-electron chi connectivity index (χ1n) is 10.9. The van der Waals surface area contributed by atoms with Crippen molar-refractivity contribution < 1.29 is 21.6 Å². The number of anilines is 2. The van der Waals surface area contributed by atoms with Crippen molar-refractivity contribution >= 4 is 31.4 Å². The zero-order chi connectivity index (χ0) is 23.6. The van der Waals surface area contributed by atoms with E-state index >= 15 is 0 Å². The molecule has 0 radical (unpaired) electrons. The van der Waals surface area contributed by atoms with Crippen LogP contribution in [-0.4, -0.2) is 86.1 Å². The highest BCUT2D eigenvalue weighted by molar-refractivity contribution is 7.92. The van der Waals surface area contributed by atoms with Crippen LogP contribution < -0.4 is 9.62 Å². The third-order valence-electron chi connectivity index (χ3n) is 6.00. The Labute approximate surface area is 196 Å². The van der Waals surface area contributed by atoms with Crippen molar-refractivity contribution in [2.24, 2.45) is 5.92 Å². The first-order valence-corrected chi connectivity index (χ1v) is 13.8. The summed E-state index contributed by atoms with van der Waals surface area (Å²) in [7, 11) is -4.66. The van der Waals surface area contributed by atoms with E-state index in [1.807, 2.05) is 12.1 Å². The minimum absolute atomic E-state index is 0.00236. The number of ether oxygens (including phenoxy) is 1. The summed E-state index contributed by atoms with van der Waals surface area (Å²) in [5, 5.41) is 0. The summed E-state index contributed by atoms with van der Waals surface area (Å²) in [6, 6.07) is 12.6. The second-order valence-corrected chi connectivity index (χ2v) is 12.4. The van der Waals surface area contributed by atoms with Crippen LogP contribution in [0.4, 0.5) is 11.4 Å². The van der Waals surface area contributed by atoms with Crippen molar-refractivity contribution in [1.82, 2.24) is 9.21 Å². The molecule has 0 aromatic heterocycles. The van der Waals surface area contributed by atoms with Gasteiger partial charge in [0.05, 0.1) is 34.4 Å². The summed E-state index contributed by atoms with van der Waals surface area (Å²) in [6.07, 6.45) is 0. The Balaban J connectivity index is 1.47. The number of nitrogens with zero attached hydrogens (tertiary/aromatic N) is 3. The molecular weight excluding hydrogens is 464 g/mol. The summed E-state index contributed by atoms with van der Waals surface area (Å²) < 4.78 is 59.6. The summed E-state index contributed by atoms with van der Waals surface area (Å²) in [5.74, 6) is 0.620. The van der Waals surface area contributed by atoms with Gasteiger partial charge in [0.2, 0.25) is 10.0 Å². The summed E-state index contributed by atoms with van der Waals surface area (Å²) >= 11 is 0. The Bertz CT molecular complexity index is 1170. The van der Waals surface area contributed by atoms with Crippen molar-refractivity contribution in [2.75, 3.05) is 69.7 Å². The van der Waals surface area contributed by atoms with Crippen LogP contribution >= 0.6 is 0 Å². The van der Waals surface area contributed by atoms with Crippen molar-refractivity contribution in [1.29, 1.82) is 0 Å². The minimum Gasteiger partial charge on any atom is -0.381 e. The number of para-hydroxylation sites is 2. The standard InChI is InChI=1S/C22H30N4O5S2/c1-24(2)33(29,30)20-9-7-19(8-10-20)32(27,28)23-21-5-3-4-6-22(21)26-13-11-25(12-14-26)15-18-16-31-17-18/h3-10,18,23H,11-17H2,1-2H3. The number of sulfonamides is 2. The lowest BCUT2D eigenvalue weighted by Gasteiger charge is -2.39. The van der Waals surface area contributed by atoms with Gasteiger partial charge in [0.15, 0.2) is 0 Å². The molecule has 33 heavy (non-hydrogen) atoms. The molecule has 0 spiro atoms. The smallest absolute Gasteiger partial charge is 0.261 e. The van der Waals surface area contributed by atoms with E-state index in [2.05, 4.69) is 14.5 Å². The van der Waals surface area contributed by atoms with Crippen LogP contribution in [0.1, 0.15) is 0 Å². The molecule has 11 heteroatoms. The van der Waals surface area contributed by atoms with E-state index in [0.717, 1.165) is 55.9 Å². The van der Waals surface area contributed by atoms with E-state index in [-0.39, 0.29) is 9.79 Å². The lowest BCUT2D eigenvalue weighted by Crippen LogP contribution is -2.50. The van der Waals surface area contributed by atoms with E-state index in [1.54, 1.807) is 12.1 Å². The van der Waals surface area contributed by atoms with E-state index in [9.17, 15) is 16.8 Å². The van der Waals surface area contributed by atoms with Crippen molar-refractivity contribution in [3.8, 4) is 0 Å². The minimum atomic E-state index is -3.89. The van der Waals surface area contributed by atoms with E-state index in [1.165, 1.54) is 38.4 Å². The molecular formula is C22H30N4O5S2. The van der Waals surface area contributed by atoms with Crippen molar-refractivity contribution in [3.05, 3.63) is 48.5 Å². The largest absolute Gasteiger partial charge is 0.381 e. The Morgan fingerprint density at radius 2 is 1.52 bits per heavy atom. The fraction of sp³-hybridized carbons (Fsp3) is 0.455. The average Bonchev–Trinajstić information content (AvgIpc) is 2.77. The Kier molecular flexibility index (Phi) is 6.96. The maximum atomic E-state index is 13.0. The van der Waals surface area contributed by atoms with Gasteiger partial charge in [-0.25, -0.2) is 21.1 Å². The molecule has 2 heterocycles. The van der Waals surface area contributed by atoms with E-state index < -0.39 is 20.0 Å². The van der Waals surface area contributed by atoms with Gasteiger partial charge in [0, 0.05) is 52.7 Å². The molecule has 2 aromatic rings. The zero-order valence-electron chi connectivity index (χ0n) is 18.8. The number of piperazine rings is 1. The number of hydrogen-bond acceptors (Lipinski definition) is 7. The van der Waals surface area contributed by atoms with Gasteiger partial charge in [-0.3, -0.25) is 9.62 Å². The summed E-state index contributed by atoms with van der Waals surface area (Å²) in [4.78, 5) is 4.67. The molecule has 2 saturated heterocycles. The normalized spacial score (nSPS) is 18.3. The highest BCUT2D eigenvalue weighted by Crippen LogP contribution is 2.29. The van der Waals surface area contributed by atoms with Gasteiger partial charge in [0.25, 0.3) is 10.0 Å². The zero-order valence-corrected chi connectivity index (χ0v) is 20.5. The predicted octanol–water partition coefficient (Wildman–Crippen LogP) is 1.51. The molecule has 2 aromatic carbocycles. The molecule has 0 aliphatic carbocycles. The number of rotatable bonds is 8. The van der Waals surface area contributed by atoms with Gasteiger partial charge >= 0.3 is 0 Å². The first-order chi connectivity index (χ1) is 15.7. The van der Waals surface area contributed by atoms with Gasteiger partial charge in [-0.15, -0.1) is 0 Å². The Hall–Kier alpha value is -2.18. The first kappa shape index (κ1) is 24.0. The van der Waals surface area contributed by atoms with Crippen LogP contribution in [0.15, 0.2) is 58.3 Å². The number of hydrogen-bond donors (Lipinski definition) is 1. The highest BCUT2D eigenvalue weighted by Gasteiger charge is 2.26. The molecule has 2 fully saturated rings. The molecule has 0 unspecified atom stereocenters. The SMILES string of the molecule is CN(C)S(=O)(=O)c1ccc(S(=O)(=O)Nc2ccccc2N2CCN(CC3COC3)CC2)cc1. The lowest BCUT2D eigenvalue weighted by atomic mass is 10.1. The summed E-state index contributed by atoms with van der Waals surface area (Å²) in [5.41, 5.74) is 1.34. The van der Waals surface area contributed by atoms with Gasteiger partial charge in [-0.2, -0.15) is 0 Å². The average molecular weight is 495 g/mol. The maximum Gasteiger partial charge on any atom is 0.261 e. The molecule has 180 valence electrons. The lowest BCUT2D eigenvalue weighted by molar-refractivity contribution is -0.0468. The second kappa shape index (κ2) is 9.59.